The van der Waals surface area contributed by atoms with Crippen molar-refractivity contribution in [3.05, 3.63) is 28.1 Å². The summed E-state index contributed by atoms with van der Waals surface area (Å²) in [7, 11) is 1.67. The van der Waals surface area contributed by atoms with Crippen molar-refractivity contribution >= 4 is 51.3 Å². The first-order chi connectivity index (χ1) is 14.1. The summed E-state index contributed by atoms with van der Waals surface area (Å²) in [4.78, 5) is 14.4. The lowest BCUT2D eigenvalue weighted by atomic mass is 9.84. The van der Waals surface area contributed by atoms with E-state index in [0.29, 0.717) is 23.8 Å². The maximum Gasteiger partial charge on any atom is 0.175 e. The Morgan fingerprint density at radius 3 is 2.83 bits per heavy atom. The van der Waals surface area contributed by atoms with Gasteiger partial charge in [-0.2, -0.15) is 0 Å². The van der Waals surface area contributed by atoms with Crippen LogP contribution < -0.4 is 16.2 Å². The number of nitrogen functional groups attached to an aromatic ring is 1. The molecular weight excluding hydrogens is 499 g/mol. The molecule has 1 fully saturated rings. The maximum atomic E-state index is 6.65. The van der Waals surface area contributed by atoms with Gasteiger partial charge in [-0.15, -0.1) is 0 Å². The van der Waals surface area contributed by atoms with Crippen LogP contribution in [-0.4, -0.2) is 32.7 Å². The van der Waals surface area contributed by atoms with Gasteiger partial charge in [-0.05, 0) is 59.5 Å². The fourth-order valence-corrected chi connectivity index (χ4v) is 5.50. The van der Waals surface area contributed by atoms with Crippen LogP contribution in [-0.2, 0) is 6.54 Å². The van der Waals surface area contributed by atoms with E-state index in [2.05, 4.69) is 37.1 Å². The lowest BCUT2D eigenvalue weighted by Gasteiger charge is -2.28. The summed E-state index contributed by atoms with van der Waals surface area (Å²) in [6.07, 6.45) is 7.73. The van der Waals surface area contributed by atoms with Crippen LogP contribution >= 0.6 is 34.4 Å². The zero-order valence-electron chi connectivity index (χ0n) is 16.3. The number of nitrogens with two attached hydrogens (primary N) is 2. The second-order valence-corrected chi connectivity index (χ2v) is 9.57. The number of hydrogen-bond acceptors (Lipinski definition) is 7. The molecule has 0 saturated heterocycles. The van der Waals surface area contributed by atoms with E-state index in [0.717, 1.165) is 25.0 Å². The highest BCUT2D eigenvalue weighted by Crippen LogP contribution is 2.36. The predicted octanol–water partition coefficient (Wildman–Crippen LogP) is 4.08. The minimum absolute atomic E-state index is 0.0626. The van der Waals surface area contributed by atoms with E-state index < -0.39 is 0 Å². The number of benzene rings is 1. The SMILES string of the molecule is COc1ccc(I)c(Sc2nc3c(N)ncnc3n2CC(N)C2CCCCC2)c1. The number of anilines is 1. The molecule has 0 bridgehead atoms. The Bertz CT molecular complexity index is 1000. The van der Waals surface area contributed by atoms with E-state index in [1.807, 2.05) is 18.2 Å². The van der Waals surface area contributed by atoms with Crippen molar-refractivity contribution in [1.82, 2.24) is 19.5 Å². The van der Waals surface area contributed by atoms with Crippen molar-refractivity contribution in [1.29, 1.82) is 0 Å². The van der Waals surface area contributed by atoms with Crippen molar-refractivity contribution in [2.75, 3.05) is 12.8 Å². The van der Waals surface area contributed by atoms with Crippen LogP contribution in [0.25, 0.3) is 11.2 Å². The molecule has 0 spiro atoms. The first-order valence-corrected chi connectivity index (χ1v) is 11.7. The van der Waals surface area contributed by atoms with Crippen molar-refractivity contribution in [3.8, 4) is 5.75 Å². The Hall–Kier alpha value is -1.59. The van der Waals surface area contributed by atoms with Gasteiger partial charge in [0.25, 0.3) is 0 Å². The van der Waals surface area contributed by atoms with Crippen molar-refractivity contribution in [3.63, 3.8) is 0 Å². The zero-order valence-corrected chi connectivity index (χ0v) is 19.3. The summed E-state index contributed by atoms with van der Waals surface area (Å²) >= 11 is 3.91. The third kappa shape index (κ3) is 4.46. The Kier molecular flexibility index (Phi) is 6.45. The number of ether oxygens (including phenoxy) is 1. The predicted molar refractivity (Wildman–Crippen MR) is 124 cm³/mol. The molecule has 4 rings (SSSR count). The molecule has 7 nitrogen and oxygen atoms in total. The van der Waals surface area contributed by atoms with Crippen LogP contribution in [0.2, 0.25) is 0 Å². The first kappa shape index (κ1) is 20.7. The molecule has 1 saturated carbocycles. The highest BCUT2D eigenvalue weighted by molar-refractivity contribution is 14.1. The number of imidazole rings is 1. The quantitative estimate of drug-likeness (QED) is 0.469. The summed E-state index contributed by atoms with van der Waals surface area (Å²) in [5, 5.41) is 0.824. The topological polar surface area (TPSA) is 105 Å². The van der Waals surface area contributed by atoms with E-state index >= 15 is 0 Å². The molecule has 0 aliphatic heterocycles. The Morgan fingerprint density at radius 1 is 1.28 bits per heavy atom. The number of nitrogens with zero attached hydrogens (tertiary/aromatic N) is 4. The van der Waals surface area contributed by atoms with Gasteiger partial charge in [0, 0.05) is 21.1 Å². The molecule has 2 heterocycles. The highest BCUT2D eigenvalue weighted by atomic mass is 127. The molecule has 1 aliphatic carbocycles. The van der Waals surface area contributed by atoms with Crippen LogP contribution in [0.1, 0.15) is 32.1 Å². The van der Waals surface area contributed by atoms with Gasteiger partial charge in [0.05, 0.1) is 7.11 Å². The molecule has 154 valence electrons. The lowest BCUT2D eigenvalue weighted by Crippen LogP contribution is -2.35. The molecule has 29 heavy (non-hydrogen) atoms. The minimum atomic E-state index is 0.0626. The van der Waals surface area contributed by atoms with Crippen LogP contribution in [0.4, 0.5) is 5.82 Å². The van der Waals surface area contributed by atoms with Gasteiger partial charge >= 0.3 is 0 Å². The van der Waals surface area contributed by atoms with Crippen LogP contribution in [0.5, 0.6) is 5.75 Å². The zero-order chi connectivity index (χ0) is 20.4. The molecule has 1 aromatic carbocycles. The van der Waals surface area contributed by atoms with Crippen LogP contribution in [0.15, 0.2) is 34.6 Å². The molecule has 3 aromatic rings. The maximum absolute atomic E-state index is 6.65. The number of methoxy groups -OCH3 is 1. The van der Waals surface area contributed by atoms with Gasteiger partial charge in [0.1, 0.15) is 12.1 Å². The van der Waals surface area contributed by atoms with Gasteiger partial charge in [0.15, 0.2) is 22.1 Å². The fraction of sp³-hybridized carbons (Fsp3) is 0.450. The average molecular weight is 524 g/mol. The number of fused-ring (bicyclic) bond motifs is 1. The number of aromatic nitrogens is 4. The molecule has 1 unspecified atom stereocenters. The Labute approximate surface area is 188 Å². The van der Waals surface area contributed by atoms with E-state index in [1.165, 1.54) is 38.4 Å². The Balaban J connectivity index is 1.71. The molecule has 4 N–H and O–H groups in total. The second kappa shape index (κ2) is 9.05. The van der Waals surface area contributed by atoms with Crippen molar-refractivity contribution in [2.24, 2.45) is 11.7 Å². The van der Waals surface area contributed by atoms with Gasteiger partial charge in [-0.3, -0.25) is 0 Å². The van der Waals surface area contributed by atoms with Gasteiger partial charge in [0.2, 0.25) is 0 Å². The smallest absolute Gasteiger partial charge is 0.175 e. The largest absolute Gasteiger partial charge is 0.497 e. The molecule has 0 radical (unpaired) electrons. The fourth-order valence-electron chi connectivity index (χ4n) is 3.89. The lowest BCUT2D eigenvalue weighted by molar-refractivity contribution is 0.283. The summed E-state index contributed by atoms with van der Waals surface area (Å²) in [5.41, 5.74) is 14.1. The molecule has 1 aliphatic rings. The van der Waals surface area contributed by atoms with E-state index in [9.17, 15) is 0 Å². The number of halogens is 1. The summed E-state index contributed by atoms with van der Waals surface area (Å²) in [6.45, 7) is 0.667. The minimum Gasteiger partial charge on any atom is -0.497 e. The highest BCUT2D eigenvalue weighted by Gasteiger charge is 2.24. The summed E-state index contributed by atoms with van der Waals surface area (Å²) in [5.74, 6) is 1.74. The molecular formula is C20H25IN6OS. The third-order valence-corrected chi connectivity index (χ3v) is 7.87. The van der Waals surface area contributed by atoms with E-state index in [-0.39, 0.29) is 6.04 Å². The van der Waals surface area contributed by atoms with Crippen LogP contribution in [0.3, 0.4) is 0 Å². The molecule has 0 amide bonds. The number of rotatable bonds is 6. The normalized spacial score (nSPS) is 16.2. The van der Waals surface area contributed by atoms with Gasteiger partial charge in [-0.1, -0.05) is 31.0 Å². The van der Waals surface area contributed by atoms with E-state index in [4.69, 9.17) is 21.2 Å². The monoisotopic (exact) mass is 524 g/mol. The molecule has 2 aromatic heterocycles. The Morgan fingerprint density at radius 2 is 2.07 bits per heavy atom. The summed E-state index contributed by atoms with van der Waals surface area (Å²) in [6, 6.07) is 6.08. The average Bonchev–Trinajstić information content (AvgIpc) is 3.09. The van der Waals surface area contributed by atoms with Gasteiger partial charge in [-0.25, -0.2) is 15.0 Å². The van der Waals surface area contributed by atoms with Crippen LogP contribution in [0, 0.1) is 9.49 Å². The first-order valence-electron chi connectivity index (χ1n) is 9.80. The molecule has 9 heteroatoms. The third-order valence-electron chi connectivity index (χ3n) is 5.51. The number of hydrogen-bond donors (Lipinski definition) is 2. The van der Waals surface area contributed by atoms with Gasteiger partial charge < -0.3 is 20.8 Å². The second-order valence-electron chi connectivity index (χ2n) is 7.40. The molecule has 1 atom stereocenters. The summed E-state index contributed by atoms with van der Waals surface area (Å²) < 4.78 is 8.62. The standard InChI is InChI=1S/C20H25IN6OS/c1-28-13-7-8-14(21)16(9-13)29-20-26-17-18(23)24-11-25-19(17)27(20)10-15(22)12-5-3-2-4-6-12/h7-9,11-12,15H,2-6,10,22H2,1H3,(H2,23,24,25). The van der Waals surface area contributed by atoms with Crippen molar-refractivity contribution < 1.29 is 4.74 Å². The van der Waals surface area contributed by atoms with Crippen molar-refractivity contribution in [2.45, 2.75) is 54.7 Å². The van der Waals surface area contributed by atoms with E-state index in [1.54, 1.807) is 18.9 Å².